The molecule has 0 fully saturated rings. The summed E-state index contributed by atoms with van der Waals surface area (Å²) in [7, 11) is 0. The average molecular weight is 304 g/mol. The molecule has 0 aliphatic carbocycles. The van der Waals surface area contributed by atoms with Crippen LogP contribution in [0.3, 0.4) is 0 Å². The Kier molecular flexibility index (Phi) is 7.86. The highest BCUT2D eigenvalue weighted by atomic mass is 16.4. The molecule has 1 aromatic carbocycles. The summed E-state index contributed by atoms with van der Waals surface area (Å²) in [6.45, 7) is 3.71. The zero-order valence-corrected chi connectivity index (χ0v) is 13.8. The van der Waals surface area contributed by atoms with E-state index in [0.29, 0.717) is 12.0 Å². The Morgan fingerprint density at radius 3 is 2.05 bits per heavy atom. The molecule has 0 aliphatic heterocycles. The summed E-state index contributed by atoms with van der Waals surface area (Å²) in [5, 5.41) is 9.54. The van der Waals surface area contributed by atoms with Gasteiger partial charge in [-0.25, -0.2) is 0 Å². The van der Waals surface area contributed by atoms with E-state index in [4.69, 9.17) is 0 Å². The van der Waals surface area contributed by atoms with Crippen LogP contribution in [0.2, 0.25) is 0 Å². The number of Topliss-reactive ketones (excluding diaryl/α,β-unsaturated/α-hetero) is 1. The van der Waals surface area contributed by atoms with Crippen molar-refractivity contribution in [3.63, 3.8) is 0 Å². The van der Waals surface area contributed by atoms with E-state index >= 15 is 0 Å². The number of benzene rings is 1. The Hall–Kier alpha value is -1.64. The van der Waals surface area contributed by atoms with E-state index in [2.05, 4.69) is 6.92 Å². The number of hydrogen-bond donors (Lipinski definition) is 1. The monoisotopic (exact) mass is 304 g/mol. The number of aliphatic carboxylic acids is 1. The van der Waals surface area contributed by atoms with Gasteiger partial charge in [-0.3, -0.25) is 9.59 Å². The lowest BCUT2D eigenvalue weighted by Gasteiger charge is -2.23. The van der Waals surface area contributed by atoms with Crippen molar-refractivity contribution in [2.75, 3.05) is 0 Å². The summed E-state index contributed by atoms with van der Waals surface area (Å²) >= 11 is 0. The van der Waals surface area contributed by atoms with Crippen LogP contribution in [0.1, 0.15) is 70.8 Å². The highest BCUT2D eigenvalue weighted by molar-refractivity contribution is 6.08. The van der Waals surface area contributed by atoms with Gasteiger partial charge in [0.25, 0.3) is 0 Å². The Labute approximate surface area is 133 Å². The van der Waals surface area contributed by atoms with E-state index < -0.39 is 11.4 Å². The molecule has 3 heteroatoms. The van der Waals surface area contributed by atoms with Gasteiger partial charge in [-0.2, -0.15) is 0 Å². The van der Waals surface area contributed by atoms with Crippen LogP contribution in [-0.4, -0.2) is 16.9 Å². The lowest BCUT2D eigenvalue weighted by molar-refractivity contribution is -0.148. The molecule has 0 aromatic heterocycles. The summed E-state index contributed by atoms with van der Waals surface area (Å²) in [6.07, 6.45) is 8.20. The van der Waals surface area contributed by atoms with Crippen LogP contribution in [0, 0.1) is 0 Å². The molecule has 22 heavy (non-hydrogen) atoms. The van der Waals surface area contributed by atoms with Crippen molar-refractivity contribution in [2.45, 2.75) is 70.6 Å². The topological polar surface area (TPSA) is 54.4 Å². The minimum absolute atomic E-state index is 0.195. The van der Waals surface area contributed by atoms with Gasteiger partial charge in [0.05, 0.1) is 0 Å². The normalized spacial score (nSPS) is 13.5. The predicted octanol–water partition coefficient (Wildman–Crippen LogP) is 4.74. The number of carbonyl (C=O) groups is 2. The number of carboxylic acids is 1. The minimum atomic E-state index is -1.43. The van der Waals surface area contributed by atoms with Crippen LogP contribution < -0.4 is 0 Å². The third-order valence-electron chi connectivity index (χ3n) is 4.34. The minimum Gasteiger partial charge on any atom is -0.480 e. The molecule has 0 heterocycles. The Bertz CT molecular complexity index is 467. The molecule has 1 aromatic rings. The maximum atomic E-state index is 12.5. The standard InChI is InChI=1S/C19H28O3/c1-3-4-5-6-7-8-12-15-17(20)19(2,18(21)22)16-13-10-9-11-14-16/h9-11,13-14H,3-8,12,15H2,1-2H3,(H,21,22). The third-order valence-corrected chi connectivity index (χ3v) is 4.34. The lowest BCUT2D eigenvalue weighted by atomic mass is 9.77. The van der Waals surface area contributed by atoms with Gasteiger partial charge in [-0.05, 0) is 18.9 Å². The molecule has 0 amide bonds. The fourth-order valence-corrected chi connectivity index (χ4v) is 2.67. The molecular formula is C19H28O3. The molecule has 1 N–H and O–H groups in total. The highest BCUT2D eigenvalue weighted by Gasteiger charge is 2.41. The third kappa shape index (κ3) is 4.97. The lowest BCUT2D eigenvalue weighted by Crippen LogP contribution is -2.40. The van der Waals surface area contributed by atoms with Crippen LogP contribution in [0.4, 0.5) is 0 Å². The molecule has 1 unspecified atom stereocenters. The molecule has 0 spiro atoms. The van der Waals surface area contributed by atoms with Gasteiger partial charge in [-0.1, -0.05) is 75.8 Å². The van der Waals surface area contributed by atoms with Crippen molar-refractivity contribution in [3.8, 4) is 0 Å². The van der Waals surface area contributed by atoms with Crippen molar-refractivity contribution in [1.29, 1.82) is 0 Å². The highest BCUT2D eigenvalue weighted by Crippen LogP contribution is 2.27. The Balaban J connectivity index is 2.52. The summed E-state index contributed by atoms with van der Waals surface area (Å²) < 4.78 is 0. The van der Waals surface area contributed by atoms with Gasteiger partial charge < -0.3 is 5.11 Å². The van der Waals surface area contributed by atoms with Crippen molar-refractivity contribution in [3.05, 3.63) is 35.9 Å². The van der Waals surface area contributed by atoms with Crippen molar-refractivity contribution in [2.24, 2.45) is 0 Å². The second-order valence-electron chi connectivity index (χ2n) is 6.09. The first-order chi connectivity index (χ1) is 10.5. The van der Waals surface area contributed by atoms with Gasteiger partial charge in [-0.15, -0.1) is 0 Å². The van der Waals surface area contributed by atoms with E-state index in [1.807, 2.05) is 6.07 Å². The predicted molar refractivity (Wildman–Crippen MR) is 89.0 cm³/mol. The molecular weight excluding hydrogens is 276 g/mol. The molecule has 3 nitrogen and oxygen atoms in total. The van der Waals surface area contributed by atoms with Gasteiger partial charge in [0, 0.05) is 6.42 Å². The molecule has 122 valence electrons. The van der Waals surface area contributed by atoms with Gasteiger partial charge in [0.2, 0.25) is 0 Å². The van der Waals surface area contributed by atoms with Crippen LogP contribution in [0.5, 0.6) is 0 Å². The summed E-state index contributed by atoms with van der Waals surface area (Å²) in [4.78, 5) is 24.1. The van der Waals surface area contributed by atoms with Crippen molar-refractivity contribution in [1.82, 2.24) is 0 Å². The average Bonchev–Trinajstić information content (AvgIpc) is 2.53. The largest absolute Gasteiger partial charge is 0.480 e. The number of ketones is 1. The first kappa shape index (κ1) is 18.4. The van der Waals surface area contributed by atoms with E-state index in [0.717, 1.165) is 19.3 Å². The van der Waals surface area contributed by atoms with Gasteiger partial charge >= 0.3 is 5.97 Å². The second kappa shape index (κ2) is 9.39. The molecule has 0 bridgehead atoms. The van der Waals surface area contributed by atoms with Gasteiger partial charge in [0.15, 0.2) is 5.78 Å². The Morgan fingerprint density at radius 1 is 0.955 bits per heavy atom. The first-order valence-corrected chi connectivity index (χ1v) is 8.35. The number of carboxylic acid groups (broad SMARTS) is 1. The second-order valence-corrected chi connectivity index (χ2v) is 6.09. The molecule has 0 aliphatic rings. The number of hydrogen-bond acceptors (Lipinski definition) is 2. The van der Waals surface area contributed by atoms with Crippen LogP contribution >= 0.6 is 0 Å². The zero-order chi connectivity index (χ0) is 16.4. The van der Waals surface area contributed by atoms with E-state index in [9.17, 15) is 14.7 Å². The molecule has 1 rings (SSSR count). The van der Waals surface area contributed by atoms with Crippen LogP contribution in [0.15, 0.2) is 30.3 Å². The van der Waals surface area contributed by atoms with Crippen LogP contribution in [0.25, 0.3) is 0 Å². The zero-order valence-electron chi connectivity index (χ0n) is 13.8. The fourth-order valence-electron chi connectivity index (χ4n) is 2.67. The number of rotatable bonds is 11. The number of carbonyl (C=O) groups excluding carboxylic acids is 1. The van der Waals surface area contributed by atoms with Crippen molar-refractivity contribution >= 4 is 11.8 Å². The number of unbranched alkanes of at least 4 members (excludes halogenated alkanes) is 6. The summed E-state index contributed by atoms with van der Waals surface area (Å²) in [5.41, 5.74) is -0.862. The first-order valence-electron chi connectivity index (χ1n) is 8.35. The fraction of sp³-hybridized carbons (Fsp3) is 0.579. The Morgan fingerprint density at radius 2 is 1.50 bits per heavy atom. The van der Waals surface area contributed by atoms with E-state index in [-0.39, 0.29) is 5.78 Å². The van der Waals surface area contributed by atoms with Gasteiger partial charge in [0.1, 0.15) is 5.41 Å². The quantitative estimate of drug-likeness (QED) is 0.474. The molecule has 0 saturated heterocycles. The SMILES string of the molecule is CCCCCCCCCC(=O)C(C)(C(=O)O)c1ccccc1. The smallest absolute Gasteiger partial charge is 0.321 e. The summed E-state index contributed by atoms with van der Waals surface area (Å²) in [6, 6.07) is 8.81. The van der Waals surface area contributed by atoms with Crippen LogP contribution in [-0.2, 0) is 15.0 Å². The van der Waals surface area contributed by atoms with E-state index in [1.165, 1.54) is 32.6 Å². The van der Waals surface area contributed by atoms with E-state index in [1.54, 1.807) is 24.3 Å². The molecule has 1 atom stereocenters. The maximum absolute atomic E-state index is 12.5. The maximum Gasteiger partial charge on any atom is 0.321 e. The van der Waals surface area contributed by atoms with Crippen molar-refractivity contribution < 1.29 is 14.7 Å². The molecule has 0 radical (unpaired) electrons. The molecule has 0 saturated carbocycles. The summed E-state index contributed by atoms with van der Waals surface area (Å²) in [5.74, 6) is -1.26.